The van der Waals surface area contributed by atoms with Gasteiger partial charge in [0.05, 0.1) is 11.0 Å². The Morgan fingerprint density at radius 3 is 2.08 bits per heavy atom. The fraction of sp³-hybridized carbons (Fsp3) is 0. The summed E-state index contributed by atoms with van der Waals surface area (Å²) in [5, 5.41) is 2.45. The van der Waals surface area contributed by atoms with Crippen LogP contribution in [0.3, 0.4) is 0 Å². The van der Waals surface area contributed by atoms with Crippen molar-refractivity contribution in [3.8, 4) is 17.1 Å². The van der Waals surface area contributed by atoms with Crippen molar-refractivity contribution < 1.29 is 0 Å². The molecule has 25 heavy (non-hydrogen) atoms. The summed E-state index contributed by atoms with van der Waals surface area (Å²) in [4.78, 5) is 4.97. The van der Waals surface area contributed by atoms with Crippen molar-refractivity contribution in [2.24, 2.45) is 0 Å². The van der Waals surface area contributed by atoms with Gasteiger partial charge in [-0.15, -0.1) is 0 Å². The Kier molecular flexibility index (Phi) is 3.14. The van der Waals surface area contributed by atoms with Gasteiger partial charge in [-0.25, -0.2) is 4.98 Å². The van der Waals surface area contributed by atoms with E-state index in [1.54, 1.807) is 0 Å². The van der Waals surface area contributed by atoms with Gasteiger partial charge in [0.2, 0.25) is 0 Å². The minimum absolute atomic E-state index is 0.971. The molecule has 0 aliphatic rings. The molecule has 0 saturated heterocycles. The van der Waals surface area contributed by atoms with Crippen molar-refractivity contribution in [1.29, 1.82) is 0 Å². The highest BCUT2D eigenvalue weighted by Crippen LogP contribution is 2.33. The van der Waals surface area contributed by atoms with E-state index in [9.17, 15) is 0 Å². The first-order valence-corrected chi connectivity index (χ1v) is 8.43. The van der Waals surface area contributed by atoms with Gasteiger partial charge in [0.25, 0.3) is 0 Å². The predicted molar refractivity (Wildman–Crippen MR) is 104 cm³/mol. The van der Waals surface area contributed by atoms with Gasteiger partial charge < -0.3 is 0 Å². The SMILES string of the molecule is c1ccc(-c2nc3ccc4ccccc4c3n2-c2ccccc2)cc1. The quantitative estimate of drug-likeness (QED) is 0.399. The zero-order valence-electron chi connectivity index (χ0n) is 13.6. The highest BCUT2D eigenvalue weighted by Gasteiger charge is 2.16. The van der Waals surface area contributed by atoms with Gasteiger partial charge in [0.1, 0.15) is 5.82 Å². The smallest absolute Gasteiger partial charge is 0.145 e. The molecule has 2 nitrogen and oxygen atoms in total. The maximum absolute atomic E-state index is 4.97. The second kappa shape index (κ2) is 5.60. The summed E-state index contributed by atoms with van der Waals surface area (Å²) in [5.74, 6) is 0.971. The number of hydrogen-bond donors (Lipinski definition) is 0. The van der Waals surface area contributed by atoms with Crippen molar-refractivity contribution in [2.45, 2.75) is 0 Å². The first-order chi connectivity index (χ1) is 12.4. The summed E-state index contributed by atoms with van der Waals surface area (Å²) in [6, 6.07) is 33.6. The molecule has 0 aliphatic carbocycles. The number of hydrogen-bond acceptors (Lipinski definition) is 1. The standard InChI is InChI=1S/C23H16N2/c1-3-10-18(11-4-1)23-24-21-16-15-17-9-7-8-14-20(17)22(21)25(23)19-12-5-2-6-13-19/h1-16H. The Balaban J connectivity index is 1.96. The molecule has 0 saturated carbocycles. The van der Waals surface area contributed by atoms with Crippen LogP contribution in [0.1, 0.15) is 0 Å². The van der Waals surface area contributed by atoms with E-state index in [2.05, 4.69) is 89.5 Å². The second-order valence-corrected chi connectivity index (χ2v) is 6.13. The molecule has 0 spiro atoms. The first kappa shape index (κ1) is 14.0. The highest BCUT2D eigenvalue weighted by atomic mass is 15.1. The predicted octanol–water partition coefficient (Wildman–Crippen LogP) is 5.85. The van der Waals surface area contributed by atoms with Gasteiger partial charge in [-0.05, 0) is 23.6 Å². The Bertz CT molecular complexity index is 1170. The van der Waals surface area contributed by atoms with E-state index in [4.69, 9.17) is 4.98 Å². The molecular formula is C23H16N2. The Hall–Kier alpha value is -3.39. The first-order valence-electron chi connectivity index (χ1n) is 8.43. The average molecular weight is 320 g/mol. The summed E-state index contributed by atoms with van der Waals surface area (Å²) < 4.78 is 2.27. The molecule has 0 unspecified atom stereocenters. The fourth-order valence-electron chi connectivity index (χ4n) is 3.45. The Morgan fingerprint density at radius 1 is 0.600 bits per heavy atom. The minimum Gasteiger partial charge on any atom is -0.292 e. The number of benzene rings is 4. The van der Waals surface area contributed by atoms with Crippen LogP contribution >= 0.6 is 0 Å². The van der Waals surface area contributed by atoms with Crippen molar-refractivity contribution in [1.82, 2.24) is 9.55 Å². The van der Waals surface area contributed by atoms with E-state index in [1.165, 1.54) is 10.8 Å². The molecule has 1 aromatic heterocycles. The van der Waals surface area contributed by atoms with Crippen molar-refractivity contribution in [2.75, 3.05) is 0 Å². The Labute approximate surface area is 146 Å². The third-order valence-corrected chi connectivity index (χ3v) is 4.59. The normalized spacial score (nSPS) is 11.2. The molecule has 0 amide bonds. The monoisotopic (exact) mass is 320 g/mol. The van der Waals surface area contributed by atoms with Crippen LogP contribution in [0.25, 0.3) is 38.9 Å². The summed E-state index contributed by atoms with van der Waals surface area (Å²) in [6.45, 7) is 0. The van der Waals surface area contributed by atoms with Gasteiger partial charge >= 0.3 is 0 Å². The second-order valence-electron chi connectivity index (χ2n) is 6.13. The zero-order valence-corrected chi connectivity index (χ0v) is 13.6. The Morgan fingerprint density at radius 2 is 1.28 bits per heavy atom. The number of imidazole rings is 1. The van der Waals surface area contributed by atoms with Crippen LogP contribution in [0, 0.1) is 0 Å². The molecular weight excluding hydrogens is 304 g/mol. The molecule has 2 heteroatoms. The van der Waals surface area contributed by atoms with Crippen LogP contribution in [0.15, 0.2) is 97.1 Å². The zero-order chi connectivity index (χ0) is 16.6. The lowest BCUT2D eigenvalue weighted by atomic mass is 10.1. The van der Waals surface area contributed by atoms with Gasteiger partial charge in [0.15, 0.2) is 0 Å². The van der Waals surface area contributed by atoms with E-state index < -0.39 is 0 Å². The highest BCUT2D eigenvalue weighted by molar-refractivity contribution is 6.06. The number of fused-ring (bicyclic) bond motifs is 3. The van der Waals surface area contributed by atoms with Crippen LogP contribution in [0.4, 0.5) is 0 Å². The van der Waals surface area contributed by atoms with Crippen molar-refractivity contribution in [3.63, 3.8) is 0 Å². The third kappa shape index (κ3) is 2.23. The number of nitrogens with zero attached hydrogens (tertiary/aromatic N) is 2. The molecule has 1 heterocycles. The molecule has 0 fully saturated rings. The number of aromatic nitrogens is 2. The van der Waals surface area contributed by atoms with E-state index >= 15 is 0 Å². The minimum atomic E-state index is 0.971. The maximum atomic E-state index is 4.97. The topological polar surface area (TPSA) is 17.8 Å². The van der Waals surface area contributed by atoms with Crippen LogP contribution in [-0.2, 0) is 0 Å². The van der Waals surface area contributed by atoms with E-state index in [0.29, 0.717) is 0 Å². The number of rotatable bonds is 2. The van der Waals surface area contributed by atoms with Crippen molar-refractivity contribution >= 4 is 21.8 Å². The lowest BCUT2D eigenvalue weighted by molar-refractivity contribution is 1.11. The summed E-state index contributed by atoms with van der Waals surface area (Å²) >= 11 is 0. The van der Waals surface area contributed by atoms with Gasteiger partial charge in [-0.1, -0.05) is 78.9 Å². The van der Waals surface area contributed by atoms with Gasteiger partial charge in [-0.3, -0.25) is 4.57 Å². The van der Waals surface area contributed by atoms with Crippen LogP contribution in [-0.4, -0.2) is 9.55 Å². The lowest BCUT2D eigenvalue weighted by Gasteiger charge is -2.11. The third-order valence-electron chi connectivity index (χ3n) is 4.59. The molecule has 0 N–H and O–H groups in total. The van der Waals surface area contributed by atoms with E-state index in [1.807, 2.05) is 12.1 Å². The fourth-order valence-corrected chi connectivity index (χ4v) is 3.45. The molecule has 0 bridgehead atoms. The molecule has 5 aromatic rings. The lowest BCUT2D eigenvalue weighted by Crippen LogP contribution is -1.97. The maximum Gasteiger partial charge on any atom is 0.145 e. The average Bonchev–Trinajstić information content (AvgIpc) is 3.09. The van der Waals surface area contributed by atoms with Crippen LogP contribution in [0.5, 0.6) is 0 Å². The van der Waals surface area contributed by atoms with Gasteiger partial charge in [0, 0.05) is 16.6 Å². The van der Waals surface area contributed by atoms with Crippen LogP contribution in [0.2, 0.25) is 0 Å². The molecule has 0 atom stereocenters. The van der Waals surface area contributed by atoms with E-state index in [-0.39, 0.29) is 0 Å². The summed E-state index contributed by atoms with van der Waals surface area (Å²) in [7, 11) is 0. The summed E-state index contributed by atoms with van der Waals surface area (Å²) in [5.41, 5.74) is 4.41. The van der Waals surface area contributed by atoms with Gasteiger partial charge in [-0.2, -0.15) is 0 Å². The summed E-state index contributed by atoms with van der Waals surface area (Å²) in [6.07, 6.45) is 0. The van der Waals surface area contributed by atoms with Crippen molar-refractivity contribution in [3.05, 3.63) is 97.1 Å². The van der Waals surface area contributed by atoms with Crippen LogP contribution < -0.4 is 0 Å². The molecule has 118 valence electrons. The molecule has 0 aliphatic heterocycles. The largest absolute Gasteiger partial charge is 0.292 e. The molecule has 5 rings (SSSR count). The molecule has 4 aromatic carbocycles. The van der Waals surface area contributed by atoms with E-state index in [0.717, 1.165) is 28.1 Å². The number of para-hydroxylation sites is 1. The molecule has 0 radical (unpaired) electrons.